The molecule has 1 saturated heterocycles. The monoisotopic (exact) mass is 393 g/mol. The fourth-order valence-corrected chi connectivity index (χ4v) is 3.44. The fraction of sp³-hybridized carbons (Fsp3) is 0.348. The van der Waals surface area contributed by atoms with Crippen LogP contribution in [-0.4, -0.2) is 48.3 Å². The number of hydrogen-bond donors (Lipinski definition) is 2. The zero-order chi connectivity index (χ0) is 20.5. The Bertz CT molecular complexity index is 824. The highest BCUT2D eigenvalue weighted by molar-refractivity contribution is 5.97. The minimum absolute atomic E-state index is 0.188. The summed E-state index contributed by atoms with van der Waals surface area (Å²) in [6.45, 7) is 1.92. The van der Waals surface area contributed by atoms with Gasteiger partial charge in [-0.05, 0) is 30.5 Å². The van der Waals surface area contributed by atoms with Crippen LogP contribution in [0.15, 0.2) is 60.7 Å². The number of hydrogen-bond acceptors (Lipinski definition) is 3. The van der Waals surface area contributed by atoms with E-state index in [0.29, 0.717) is 37.9 Å². The second-order valence-corrected chi connectivity index (χ2v) is 7.21. The number of nitrogens with zero attached hydrogens (tertiary/aromatic N) is 1. The molecule has 29 heavy (non-hydrogen) atoms. The van der Waals surface area contributed by atoms with Gasteiger partial charge in [0.05, 0.1) is 0 Å². The molecule has 0 saturated carbocycles. The SMILES string of the molecule is O=C(NC(Cc1ccccc1)C(=O)NCCCN1CCCC1=O)c1ccccc1. The van der Waals surface area contributed by atoms with E-state index in [1.54, 1.807) is 24.3 Å². The number of benzene rings is 2. The van der Waals surface area contributed by atoms with Gasteiger partial charge in [0.25, 0.3) is 5.91 Å². The first-order valence-electron chi connectivity index (χ1n) is 10.1. The van der Waals surface area contributed by atoms with E-state index in [-0.39, 0.29) is 17.7 Å². The number of rotatable bonds is 9. The Morgan fingerprint density at radius 3 is 2.34 bits per heavy atom. The van der Waals surface area contributed by atoms with E-state index in [4.69, 9.17) is 0 Å². The molecule has 1 aliphatic rings. The lowest BCUT2D eigenvalue weighted by molar-refractivity contribution is -0.127. The summed E-state index contributed by atoms with van der Waals surface area (Å²) in [6.07, 6.45) is 2.64. The van der Waals surface area contributed by atoms with E-state index in [2.05, 4.69) is 10.6 Å². The lowest BCUT2D eigenvalue weighted by atomic mass is 10.0. The molecule has 1 aliphatic heterocycles. The summed E-state index contributed by atoms with van der Waals surface area (Å²) in [7, 11) is 0. The van der Waals surface area contributed by atoms with E-state index in [1.165, 1.54) is 0 Å². The molecule has 2 aromatic rings. The third-order valence-electron chi connectivity index (χ3n) is 5.02. The molecule has 0 aliphatic carbocycles. The molecule has 1 fully saturated rings. The fourth-order valence-electron chi connectivity index (χ4n) is 3.44. The van der Waals surface area contributed by atoms with Crippen LogP contribution in [0.3, 0.4) is 0 Å². The Hall–Kier alpha value is -3.15. The van der Waals surface area contributed by atoms with Crippen molar-refractivity contribution in [2.75, 3.05) is 19.6 Å². The summed E-state index contributed by atoms with van der Waals surface area (Å²) in [5.74, 6) is -0.302. The van der Waals surface area contributed by atoms with Gasteiger partial charge in [-0.2, -0.15) is 0 Å². The standard InChI is InChI=1S/C23H27N3O3/c27-21-13-7-15-26(21)16-8-14-24-23(29)20(17-18-9-3-1-4-10-18)25-22(28)19-11-5-2-6-12-19/h1-6,9-12,20H,7-8,13-17H2,(H,24,29)(H,25,28). The molecule has 3 amide bonds. The molecule has 2 N–H and O–H groups in total. The van der Waals surface area contributed by atoms with E-state index in [9.17, 15) is 14.4 Å². The predicted molar refractivity (Wildman–Crippen MR) is 111 cm³/mol. The molecule has 1 atom stereocenters. The Morgan fingerprint density at radius 1 is 1.00 bits per heavy atom. The highest BCUT2D eigenvalue weighted by Crippen LogP contribution is 2.09. The van der Waals surface area contributed by atoms with Gasteiger partial charge < -0.3 is 15.5 Å². The van der Waals surface area contributed by atoms with Crippen molar-refractivity contribution in [2.45, 2.75) is 31.7 Å². The first-order chi connectivity index (χ1) is 14.1. The molecule has 6 heteroatoms. The topological polar surface area (TPSA) is 78.5 Å². The second-order valence-electron chi connectivity index (χ2n) is 7.21. The molecule has 6 nitrogen and oxygen atoms in total. The van der Waals surface area contributed by atoms with Crippen molar-refractivity contribution in [2.24, 2.45) is 0 Å². The van der Waals surface area contributed by atoms with Crippen molar-refractivity contribution in [3.8, 4) is 0 Å². The first kappa shape index (κ1) is 20.6. The van der Waals surface area contributed by atoms with Gasteiger partial charge in [0.15, 0.2) is 0 Å². The number of carbonyl (C=O) groups excluding carboxylic acids is 3. The zero-order valence-corrected chi connectivity index (χ0v) is 16.5. The summed E-state index contributed by atoms with van der Waals surface area (Å²) in [5, 5.41) is 5.76. The van der Waals surface area contributed by atoms with Crippen molar-refractivity contribution in [1.82, 2.24) is 15.5 Å². The average Bonchev–Trinajstić information content (AvgIpc) is 3.16. The second kappa shape index (κ2) is 10.4. The zero-order valence-electron chi connectivity index (χ0n) is 16.5. The molecule has 0 aromatic heterocycles. The van der Waals surface area contributed by atoms with Crippen LogP contribution in [-0.2, 0) is 16.0 Å². The lowest BCUT2D eigenvalue weighted by Gasteiger charge is -2.20. The summed E-state index contributed by atoms with van der Waals surface area (Å²) in [5.41, 5.74) is 1.49. The molecule has 1 unspecified atom stereocenters. The van der Waals surface area contributed by atoms with Gasteiger partial charge in [0.2, 0.25) is 11.8 Å². The number of carbonyl (C=O) groups is 3. The van der Waals surface area contributed by atoms with Crippen LogP contribution in [0.2, 0.25) is 0 Å². The number of likely N-dealkylation sites (tertiary alicyclic amines) is 1. The summed E-state index contributed by atoms with van der Waals surface area (Å²) in [6, 6.07) is 17.8. The van der Waals surface area contributed by atoms with E-state index in [0.717, 1.165) is 18.5 Å². The van der Waals surface area contributed by atoms with Crippen molar-refractivity contribution >= 4 is 17.7 Å². The van der Waals surface area contributed by atoms with Gasteiger partial charge in [0, 0.05) is 38.0 Å². The lowest BCUT2D eigenvalue weighted by Crippen LogP contribution is -2.48. The van der Waals surface area contributed by atoms with Crippen molar-refractivity contribution < 1.29 is 14.4 Å². The molecule has 0 radical (unpaired) electrons. The predicted octanol–water partition coefficient (Wildman–Crippen LogP) is 2.16. The Morgan fingerprint density at radius 2 is 1.69 bits per heavy atom. The van der Waals surface area contributed by atoms with Crippen LogP contribution in [0, 0.1) is 0 Å². The third-order valence-corrected chi connectivity index (χ3v) is 5.02. The van der Waals surface area contributed by atoms with E-state index in [1.807, 2.05) is 41.3 Å². The summed E-state index contributed by atoms with van der Waals surface area (Å²) in [4.78, 5) is 38.8. The maximum absolute atomic E-state index is 12.8. The van der Waals surface area contributed by atoms with Gasteiger partial charge >= 0.3 is 0 Å². The molecular formula is C23H27N3O3. The average molecular weight is 393 g/mol. The molecule has 0 bridgehead atoms. The van der Waals surface area contributed by atoms with E-state index < -0.39 is 6.04 Å². The quantitative estimate of drug-likeness (QED) is 0.641. The van der Waals surface area contributed by atoms with Crippen LogP contribution in [0.5, 0.6) is 0 Å². The highest BCUT2D eigenvalue weighted by Gasteiger charge is 2.22. The van der Waals surface area contributed by atoms with Gasteiger partial charge in [-0.15, -0.1) is 0 Å². The number of nitrogens with one attached hydrogen (secondary N) is 2. The van der Waals surface area contributed by atoms with Crippen LogP contribution in [0.4, 0.5) is 0 Å². The Kier molecular flexibility index (Phi) is 7.39. The third kappa shape index (κ3) is 6.17. The number of amides is 3. The maximum Gasteiger partial charge on any atom is 0.251 e. The molecule has 0 spiro atoms. The molecule has 1 heterocycles. The van der Waals surface area contributed by atoms with E-state index >= 15 is 0 Å². The molecule has 152 valence electrons. The van der Waals surface area contributed by atoms with Gasteiger partial charge in [-0.25, -0.2) is 0 Å². The summed E-state index contributed by atoms with van der Waals surface area (Å²) < 4.78 is 0. The van der Waals surface area contributed by atoms with Crippen LogP contribution in [0.25, 0.3) is 0 Å². The van der Waals surface area contributed by atoms with Gasteiger partial charge in [0.1, 0.15) is 6.04 Å². The van der Waals surface area contributed by atoms with Gasteiger partial charge in [-0.3, -0.25) is 14.4 Å². The molecular weight excluding hydrogens is 366 g/mol. The largest absolute Gasteiger partial charge is 0.354 e. The van der Waals surface area contributed by atoms with Crippen LogP contribution >= 0.6 is 0 Å². The van der Waals surface area contributed by atoms with Gasteiger partial charge in [-0.1, -0.05) is 48.5 Å². The van der Waals surface area contributed by atoms with Crippen LogP contribution < -0.4 is 10.6 Å². The maximum atomic E-state index is 12.8. The molecule has 2 aromatic carbocycles. The highest BCUT2D eigenvalue weighted by atomic mass is 16.2. The minimum atomic E-state index is -0.668. The van der Waals surface area contributed by atoms with Crippen molar-refractivity contribution in [1.29, 1.82) is 0 Å². The minimum Gasteiger partial charge on any atom is -0.354 e. The normalized spacial score (nSPS) is 14.5. The molecule has 3 rings (SSSR count). The summed E-state index contributed by atoms with van der Waals surface area (Å²) >= 11 is 0. The van der Waals surface area contributed by atoms with Crippen molar-refractivity contribution in [3.05, 3.63) is 71.8 Å². The Balaban J connectivity index is 1.56. The smallest absolute Gasteiger partial charge is 0.251 e. The first-order valence-corrected chi connectivity index (χ1v) is 10.1. The van der Waals surface area contributed by atoms with Crippen molar-refractivity contribution in [3.63, 3.8) is 0 Å². The van der Waals surface area contributed by atoms with Crippen LogP contribution in [0.1, 0.15) is 35.2 Å². The Labute approximate surface area is 171 Å².